The molecule has 0 radical (unpaired) electrons. The van der Waals surface area contributed by atoms with Crippen LogP contribution >= 0.6 is 22.7 Å². The monoisotopic (exact) mass is 800 g/mol. The van der Waals surface area contributed by atoms with E-state index in [4.69, 9.17) is 30.3 Å². The average Bonchev–Trinajstić information content (AvgIpc) is 3.91. The molecule has 290 valence electrons. The number of thiazole rings is 2. The molecule has 0 aliphatic heterocycles. The SMILES string of the molecule is Cc1cc(N(c2nc3ccccc3s2)c2c(C)cccc2C)nc(Nc2c(C)cccc2C(C)C)c1N=Nc1c(C#N)c(C(C)(C)C)nn1-c1nc2ccccc2s1. The molecule has 0 unspecified atom stereocenters. The van der Waals surface area contributed by atoms with E-state index in [-0.39, 0.29) is 5.92 Å². The molecule has 0 bridgehead atoms. The molecule has 0 aliphatic rings. The summed E-state index contributed by atoms with van der Waals surface area (Å²) < 4.78 is 3.75. The molecule has 8 rings (SSSR count). The maximum Gasteiger partial charge on any atom is 0.213 e. The van der Waals surface area contributed by atoms with Gasteiger partial charge in [-0.25, -0.2) is 15.0 Å². The van der Waals surface area contributed by atoms with Gasteiger partial charge in [0.25, 0.3) is 0 Å². The summed E-state index contributed by atoms with van der Waals surface area (Å²) in [6.45, 7) is 18.8. The first-order chi connectivity index (χ1) is 27.8. The highest BCUT2D eigenvalue weighted by molar-refractivity contribution is 7.22. The lowest BCUT2D eigenvalue weighted by atomic mass is 9.90. The standard InChI is InChI=1S/C46H44N10S2/c1-26(2)31-19-15-16-27(3)38(31)51-42-39(52-53-43-32(25-47)41(46(7,8)9)54-56(43)45-49-34-21-11-13-23-36(34)58-45)30(6)24-37(50-42)55(40-28(4)17-14-18-29(40)5)44-48-33-20-10-12-22-35(33)57-44/h10-24,26H,1-9H3,(H,50,51). The van der Waals surface area contributed by atoms with Gasteiger partial charge in [-0.1, -0.05) is 118 Å². The molecule has 4 aromatic carbocycles. The Morgan fingerprint density at radius 1 is 0.759 bits per heavy atom. The third-order valence-electron chi connectivity index (χ3n) is 10.1. The quantitative estimate of drug-likeness (QED) is 0.144. The number of pyridine rings is 1. The number of azo groups is 1. The highest BCUT2D eigenvalue weighted by Gasteiger charge is 2.30. The number of hydrogen-bond donors (Lipinski definition) is 1. The first kappa shape index (κ1) is 38.6. The van der Waals surface area contributed by atoms with Crippen molar-refractivity contribution in [2.75, 3.05) is 10.2 Å². The third kappa shape index (κ3) is 7.12. The lowest BCUT2D eigenvalue weighted by Crippen LogP contribution is -2.15. The number of nitrogens with one attached hydrogen (secondary N) is 1. The molecule has 1 N–H and O–H groups in total. The van der Waals surface area contributed by atoms with Gasteiger partial charge in [-0.05, 0) is 91.8 Å². The second-order valence-electron chi connectivity index (χ2n) is 15.8. The van der Waals surface area contributed by atoms with Gasteiger partial charge in [0, 0.05) is 11.1 Å². The summed E-state index contributed by atoms with van der Waals surface area (Å²) in [7, 11) is 0. The van der Waals surface area contributed by atoms with Crippen molar-refractivity contribution in [3.05, 3.63) is 130 Å². The molecule has 10 nitrogen and oxygen atoms in total. The third-order valence-corrected chi connectivity index (χ3v) is 12.1. The molecular formula is C46H44N10S2. The van der Waals surface area contributed by atoms with Crippen molar-refractivity contribution in [3.8, 4) is 11.2 Å². The molecule has 0 saturated carbocycles. The number of benzene rings is 4. The summed E-state index contributed by atoms with van der Waals surface area (Å²) in [4.78, 5) is 17.6. The minimum atomic E-state index is -0.445. The minimum Gasteiger partial charge on any atom is -0.338 e. The van der Waals surface area contributed by atoms with Crippen molar-refractivity contribution >= 4 is 82.8 Å². The highest BCUT2D eigenvalue weighted by Crippen LogP contribution is 2.45. The van der Waals surface area contributed by atoms with Crippen LogP contribution in [0.15, 0.2) is 101 Å². The van der Waals surface area contributed by atoms with Gasteiger partial charge in [-0.3, -0.25) is 4.90 Å². The first-order valence-electron chi connectivity index (χ1n) is 19.2. The zero-order valence-corrected chi connectivity index (χ0v) is 35.7. The lowest BCUT2D eigenvalue weighted by Gasteiger charge is -2.26. The van der Waals surface area contributed by atoms with Crippen molar-refractivity contribution in [2.24, 2.45) is 10.2 Å². The van der Waals surface area contributed by atoms with E-state index >= 15 is 0 Å². The normalized spacial score (nSPS) is 11.9. The second-order valence-corrected chi connectivity index (χ2v) is 17.9. The van der Waals surface area contributed by atoms with E-state index in [1.165, 1.54) is 11.3 Å². The Morgan fingerprint density at radius 2 is 1.40 bits per heavy atom. The van der Waals surface area contributed by atoms with Crippen LogP contribution in [0.25, 0.3) is 25.6 Å². The molecule has 0 fully saturated rings. The summed E-state index contributed by atoms with van der Waals surface area (Å²) in [6.07, 6.45) is 0. The van der Waals surface area contributed by atoms with Crippen LogP contribution in [-0.4, -0.2) is 24.7 Å². The molecule has 4 aromatic heterocycles. The maximum absolute atomic E-state index is 10.6. The fourth-order valence-corrected chi connectivity index (χ4v) is 9.07. The van der Waals surface area contributed by atoms with Crippen LogP contribution in [0, 0.1) is 39.0 Å². The Balaban J connectivity index is 1.36. The molecule has 0 atom stereocenters. The van der Waals surface area contributed by atoms with Gasteiger partial charge in [0.05, 0.1) is 31.8 Å². The summed E-state index contributed by atoms with van der Waals surface area (Å²) in [5, 5.41) is 30.6. The van der Waals surface area contributed by atoms with Gasteiger partial charge < -0.3 is 5.32 Å². The van der Waals surface area contributed by atoms with Crippen molar-refractivity contribution in [1.82, 2.24) is 24.7 Å². The van der Waals surface area contributed by atoms with Gasteiger partial charge in [0.15, 0.2) is 16.8 Å². The zero-order valence-electron chi connectivity index (χ0n) is 34.1. The molecule has 0 amide bonds. The van der Waals surface area contributed by atoms with Crippen molar-refractivity contribution in [1.29, 1.82) is 5.26 Å². The summed E-state index contributed by atoms with van der Waals surface area (Å²) in [6, 6.07) is 33.2. The first-order valence-corrected chi connectivity index (χ1v) is 20.9. The van der Waals surface area contributed by atoms with Gasteiger partial charge in [-0.2, -0.15) is 15.0 Å². The van der Waals surface area contributed by atoms with E-state index in [0.717, 1.165) is 64.8 Å². The molecule has 12 heteroatoms. The van der Waals surface area contributed by atoms with Gasteiger partial charge in [0.1, 0.15) is 23.1 Å². The van der Waals surface area contributed by atoms with Crippen molar-refractivity contribution < 1.29 is 0 Å². The second kappa shape index (κ2) is 15.2. The Hall–Kier alpha value is -6.29. The topological polar surface area (TPSA) is 120 Å². The van der Waals surface area contributed by atoms with Crippen molar-refractivity contribution in [2.45, 2.75) is 73.6 Å². The van der Waals surface area contributed by atoms with Crippen LogP contribution in [0.4, 0.5) is 39.6 Å². The van der Waals surface area contributed by atoms with Crippen LogP contribution < -0.4 is 10.2 Å². The Kier molecular flexibility index (Phi) is 10.1. The number of nitriles is 1. The molecule has 0 saturated heterocycles. The van der Waals surface area contributed by atoms with Crippen LogP contribution in [0.2, 0.25) is 0 Å². The zero-order chi connectivity index (χ0) is 40.9. The van der Waals surface area contributed by atoms with Gasteiger partial charge in [-0.15, -0.1) is 10.2 Å². The van der Waals surface area contributed by atoms with Crippen LogP contribution in [0.3, 0.4) is 0 Å². The Bertz CT molecular complexity index is 2830. The highest BCUT2D eigenvalue weighted by atomic mass is 32.1. The van der Waals surface area contributed by atoms with Crippen LogP contribution in [-0.2, 0) is 5.41 Å². The van der Waals surface area contributed by atoms with Crippen LogP contribution in [0.5, 0.6) is 0 Å². The summed E-state index contributed by atoms with van der Waals surface area (Å²) in [5.41, 5.74) is 10.1. The predicted octanol–water partition coefficient (Wildman–Crippen LogP) is 13.6. The van der Waals surface area contributed by atoms with E-state index in [0.29, 0.717) is 39.5 Å². The van der Waals surface area contributed by atoms with Crippen LogP contribution in [0.1, 0.15) is 79.6 Å². The van der Waals surface area contributed by atoms with E-state index in [1.807, 2.05) is 76.2 Å². The molecule has 0 aliphatic carbocycles. The number of anilines is 5. The lowest BCUT2D eigenvalue weighted by molar-refractivity contribution is 0.559. The smallest absolute Gasteiger partial charge is 0.213 e. The maximum atomic E-state index is 10.6. The molecule has 4 heterocycles. The molecule has 0 spiro atoms. The molecule has 8 aromatic rings. The van der Waals surface area contributed by atoms with E-state index in [1.54, 1.807) is 16.0 Å². The van der Waals surface area contributed by atoms with E-state index < -0.39 is 5.41 Å². The number of aryl methyl sites for hydroxylation is 4. The minimum absolute atomic E-state index is 0.239. The number of rotatable bonds is 9. The van der Waals surface area contributed by atoms with E-state index in [2.05, 4.69) is 93.4 Å². The largest absolute Gasteiger partial charge is 0.338 e. The summed E-state index contributed by atoms with van der Waals surface area (Å²) >= 11 is 3.12. The Morgan fingerprint density at radius 3 is 2.03 bits per heavy atom. The van der Waals surface area contributed by atoms with Gasteiger partial charge in [0.2, 0.25) is 5.13 Å². The van der Waals surface area contributed by atoms with Crippen molar-refractivity contribution in [3.63, 3.8) is 0 Å². The van der Waals surface area contributed by atoms with Gasteiger partial charge >= 0.3 is 0 Å². The number of para-hydroxylation sites is 4. The summed E-state index contributed by atoms with van der Waals surface area (Å²) in [5.74, 6) is 1.75. The number of nitrogens with zero attached hydrogens (tertiary/aromatic N) is 9. The number of hydrogen-bond acceptors (Lipinski definition) is 11. The predicted molar refractivity (Wildman–Crippen MR) is 239 cm³/mol. The average molecular weight is 801 g/mol. The Labute approximate surface area is 346 Å². The molecular weight excluding hydrogens is 757 g/mol. The number of aromatic nitrogens is 5. The fraction of sp³-hybridized carbons (Fsp3) is 0.239. The fourth-order valence-electron chi connectivity index (χ4n) is 7.17. The van der Waals surface area contributed by atoms with E-state index in [9.17, 15) is 5.26 Å². The molecule has 58 heavy (non-hydrogen) atoms. The number of fused-ring (bicyclic) bond motifs is 2.